The first-order chi connectivity index (χ1) is 12.9. The fourth-order valence-electron chi connectivity index (χ4n) is 3.92. The molecule has 1 saturated carbocycles. The number of benzene rings is 1. The third-order valence-electron chi connectivity index (χ3n) is 5.76. The quantitative estimate of drug-likeness (QED) is 0.790. The Morgan fingerprint density at radius 3 is 2.59 bits per heavy atom. The van der Waals surface area contributed by atoms with Crippen molar-refractivity contribution in [3.8, 4) is 5.75 Å². The van der Waals surface area contributed by atoms with Crippen LogP contribution in [-0.4, -0.2) is 25.2 Å². The Hall–Kier alpha value is -2.50. The lowest BCUT2D eigenvalue weighted by Gasteiger charge is -2.33. The van der Waals surface area contributed by atoms with Gasteiger partial charge < -0.3 is 20.1 Å². The highest BCUT2D eigenvalue weighted by Crippen LogP contribution is 2.35. The molecule has 0 saturated heterocycles. The van der Waals surface area contributed by atoms with Gasteiger partial charge in [-0.15, -0.1) is 0 Å². The molecule has 1 fully saturated rings. The Morgan fingerprint density at radius 1 is 1.15 bits per heavy atom. The van der Waals surface area contributed by atoms with Crippen molar-refractivity contribution in [1.29, 1.82) is 0 Å². The molecule has 1 aromatic rings. The summed E-state index contributed by atoms with van der Waals surface area (Å²) >= 11 is 0. The molecule has 6 nitrogen and oxygen atoms in total. The van der Waals surface area contributed by atoms with E-state index in [9.17, 15) is 9.59 Å². The number of hydrogen-bond acceptors (Lipinski definition) is 4. The minimum Gasteiger partial charge on any atom is -0.496 e. The summed E-state index contributed by atoms with van der Waals surface area (Å²) in [5, 5.41) is 5.52. The highest BCUT2D eigenvalue weighted by molar-refractivity contribution is 5.95. The standard InChI is InChI=1S/C21H28N2O4/c1-12-9-10-15(11-13(12)2)27-20(24)18-14(3)22-21(25)23-19(18)16-7-5-6-8-17(16)26-4/h5-8,12-13,15,19H,9-11H2,1-4H3,(H2,22,23,25). The predicted molar refractivity (Wildman–Crippen MR) is 102 cm³/mol. The van der Waals surface area contributed by atoms with Crippen molar-refractivity contribution < 1.29 is 19.1 Å². The fourth-order valence-corrected chi connectivity index (χ4v) is 3.92. The Morgan fingerprint density at radius 2 is 1.89 bits per heavy atom. The molecule has 1 aliphatic carbocycles. The van der Waals surface area contributed by atoms with Crippen LogP contribution in [0.3, 0.4) is 0 Å². The number of carbonyl (C=O) groups is 2. The summed E-state index contributed by atoms with van der Waals surface area (Å²) in [5.41, 5.74) is 1.66. The average Bonchev–Trinajstić information content (AvgIpc) is 2.64. The summed E-state index contributed by atoms with van der Waals surface area (Å²) in [4.78, 5) is 25.1. The van der Waals surface area contributed by atoms with Gasteiger partial charge in [0.1, 0.15) is 11.9 Å². The number of methoxy groups -OCH3 is 1. The van der Waals surface area contributed by atoms with Crippen LogP contribution < -0.4 is 15.4 Å². The van der Waals surface area contributed by atoms with Gasteiger partial charge in [0, 0.05) is 11.3 Å². The number of allylic oxidation sites excluding steroid dienone is 1. The number of nitrogens with one attached hydrogen (secondary N) is 2. The number of para-hydroxylation sites is 1. The highest BCUT2D eigenvalue weighted by atomic mass is 16.5. The van der Waals surface area contributed by atoms with Crippen LogP contribution >= 0.6 is 0 Å². The second-order valence-electron chi connectivity index (χ2n) is 7.61. The van der Waals surface area contributed by atoms with Crippen LogP contribution in [-0.2, 0) is 9.53 Å². The number of carbonyl (C=O) groups excluding carboxylic acids is 2. The van der Waals surface area contributed by atoms with E-state index in [1.807, 2.05) is 24.3 Å². The van der Waals surface area contributed by atoms with E-state index < -0.39 is 6.04 Å². The molecule has 1 aliphatic heterocycles. The van der Waals surface area contributed by atoms with E-state index in [0.717, 1.165) is 24.8 Å². The van der Waals surface area contributed by atoms with E-state index in [1.165, 1.54) is 0 Å². The maximum atomic E-state index is 13.0. The lowest BCUT2D eigenvalue weighted by molar-refractivity contribution is -0.147. The third kappa shape index (κ3) is 4.10. The van der Waals surface area contributed by atoms with Gasteiger partial charge in [-0.25, -0.2) is 9.59 Å². The number of esters is 1. The summed E-state index contributed by atoms with van der Waals surface area (Å²) in [6.45, 7) is 6.17. The molecule has 2 N–H and O–H groups in total. The number of ether oxygens (including phenoxy) is 2. The molecular weight excluding hydrogens is 344 g/mol. The summed E-state index contributed by atoms with van der Waals surface area (Å²) in [5.74, 6) is 1.41. The van der Waals surface area contributed by atoms with Crippen molar-refractivity contribution in [3.63, 3.8) is 0 Å². The molecule has 0 spiro atoms. The first kappa shape index (κ1) is 19.3. The summed E-state index contributed by atoms with van der Waals surface area (Å²) in [6.07, 6.45) is 2.73. The van der Waals surface area contributed by atoms with Gasteiger partial charge in [0.05, 0.1) is 18.7 Å². The van der Waals surface area contributed by atoms with E-state index >= 15 is 0 Å². The van der Waals surface area contributed by atoms with E-state index in [4.69, 9.17) is 9.47 Å². The number of hydrogen-bond donors (Lipinski definition) is 2. The topological polar surface area (TPSA) is 76.7 Å². The zero-order valence-corrected chi connectivity index (χ0v) is 16.4. The van der Waals surface area contributed by atoms with Gasteiger partial charge >= 0.3 is 12.0 Å². The van der Waals surface area contributed by atoms with Crippen LogP contribution in [0.15, 0.2) is 35.5 Å². The van der Waals surface area contributed by atoms with E-state index in [-0.39, 0.29) is 18.1 Å². The van der Waals surface area contributed by atoms with Crippen LogP contribution in [0.1, 0.15) is 51.6 Å². The molecule has 0 aromatic heterocycles. The minimum atomic E-state index is -0.609. The fraction of sp³-hybridized carbons (Fsp3) is 0.524. The first-order valence-corrected chi connectivity index (χ1v) is 9.52. The summed E-state index contributed by atoms with van der Waals surface area (Å²) < 4.78 is 11.3. The lowest BCUT2D eigenvalue weighted by atomic mass is 9.80. The van der Waals surface area contributed by atoms with E-state index in [1.54, 1.807) is 14.0 Å². The molecule has 2 amide bonds. The largest absolute Gasteiger partial charge is 0.496 e. The van der Waals surface area contributed by atoms with Crippen LogP contribution in [0.4, 0.5) is 4.79 Å². The van der Waals surface area contributed by atoms with Crippen molar-refractivity contribution in [2.24, 2.45) is 11.8 Å². The molecule has 27 heavy (non-hydrogen) atoms. The molecule has 1 heterocycles. The van der Waals surface area contributed by atoms with Crippen LogP contribution in [0.25, 0.3) is 0 Å². The summed E-state index contributed by atoms with van der Waals surface area (Å²) in [6, 6.07) is 6.41. The van der Waals surface area contributed by atoms with Gasteiger partial charge in [0.15, 0.2) is 0 Å². The van der Waals surface area contributed by atoms with Crippen LogP contribution in [0.2, 0.25) is 0 Å². The van der Waals surface area contributed by atoms with Crippen molar-refractivity contribution in [2.75, 3.05) is 7.11 Å². The van der Waals surface area contributed by atoms with Gasteiger partial charge in [-0.1, -0.05) is 32.0 Å². The molecule has 0 bridgehead atoms. The first-order valence-electron chi connectivity index (χ1n) is 9.52. The minimum absolute atomic E-state index is 0.0834. The monoisotopic (exact) mass is 372 g/mol. The molecule has 0 radical (unpaired) electrons. The van der Waals surface area contributed by atoms with Crippen molar-refractivity contribution in [2.45, 2.75) is 52.2 Å². The Balaban J connectivity index is 1.87. The second-order valence-corrected chi connectivity index (χ2v) is 7.61. The van der Waals surface area contributed by atoms with E-state index in [2.05, 4.69) is 24.5 Å². The van der Waals surface area contributed by atoms with Crippen molar-refractivity contribution in [1.82, 2.24) is 10.6 Å². The second kappa shape index (κ2) is 8.03. The number of urea groups is 1. The lowest BCUT2D eigenvalue weighted by Crippen LogP contribution is -2.46. The van der Waals surface area contributed by atoms with Crippen molar-refractivity contribution in [3.05, 3.63) is 41.1 Å². The van der Waals surface area contributed by atoms with Gasteiger partial charge in [0.2, 0.25) is 0 Å². The SMILES string of the molecule is COc1ccccc1C1NC(=O)NC(C)=C1C(=O)OC1CCC(C)C(C)C1. The van der Waals surface area contributed by atoms with Crippen molar-refractivity contribution >= 4 is 12.0 Å². The number of amides is 2. The molecule has 3 rings (SSSR count). The molecule has 2 aliphatic rings. The Bertz CT molecular complexity index is 758. The maximum absolute atomic E-state index is 13.0. The van der Waals surface area contributed by atoms with Crippen LogP contribution in [0, 0.1) is 11.8 Å². The summed E-state index contributed by atoms with van der Waals surface area (Å²) in [7, 11) is 1.57. The zero-order valence-electron chi connectivity index (χ0n) is 16.4. The van der Waals surface area contributed by atoms with Gasteiger partial charge in [0.25, 0.3) is 0 Å². The molecule has 4 unspecified atom stereocenters. The van der Waals surface area contributed by atoms with Gasteiger partial charge in [-0.2, -0.15) is 0 Å². The Kier molecular flexibility index (Phi) is 5.73. The third-order valence-corrected chi connectivity index (χ3v) is 5.76. The molecule has 4 atom stereocenters. The highest BCUT2D eigenvalue weighted by Gasteiger charge is 2.36. The molecular formula is C21H28N2O4. The molecule has 146 valence electrons. The molecule has 6 heteroatoms. The number of rotatable bonds is 4. The maximum Gasteiger partial charge on any atom is 0.338 e. The average molecular weight is 372 g/mol. The zero-order chi connectivity index (χ0) is 19.6. The van der Waals surface area contributed by atoms with Gasteiger partial charge in [-0.3, -0.25) is 0 Å². The molecule has 1 aromatic carbocycles. The Labute approximate surface area is 160 Å². The normalized spacial score (nSPS) is 28.2. The predicted octanol–water partition coefficient (Wildman–Crippen LogP) is 3.69. The van der Waals surface area contributed by atoms with Crippen LogP contribution in [0.5, 0.6) is 5.75 Å². The smallest absolute Gasteiger partial charge is 0.338 e. The van der Waals surface area contributed by atoms with Gasteiger partial charge in [-0.05, 0) is 44.1 Å². The van der Waals surface area contributed by atoms with E-state index in [0.29, 0.717) is 28.9 Å².